The summed E-state index contributed by atoms with van der Waals surface area (Å²) in [6.07, 6.45) is 1.28. The van der Waals surface area contributed by atoms with Crippen LogP contribution in [0, 0.1) is 5.41 Å². The molecular weight excluding hydrogens is 430 g/mol. The quantitative estimate of drug-likeness (QED) is 0.538. The summed E-state index contributed by atoms with van der Waals surface area (Å²) in [6, 6.07) is 13.7. The molecule has 1 aliphatic heterocycles. The second-order valence-electron chi connectivity index (χ2n) is 9.59. The lowest BCUT2D eigenvalue weighted by molar-refractivity contribution is -0.118. The van der Waals surface area contributed by atoms with Gasteiger partial charge in [0.1, 0.15) is 5.75 Å². The van der Waals surface area contributed by atoms with Crippen molar-refractivity contribution >= 4 is 11.6 Å². The highest BCUT2D eigenvalue weighted by Gasteiger charge is 2.43. The largest absolute Gasteiger partial charge is 0.497 e. The number of ether oxygens (including phenoxy) is 3. The summed E-state index contributed by atoms with van der Waals surface area (Å²) in [7, 11) is 4.88. The first-order valence-electron chi connectivity index (χ1n) is 11.3. The van der Waals surface area contributed by atoms with E-state index >= 15 is 0 Å². The summed E-state index contributed by atoms with van der Waals surface area (Å²) >= 11 is 0. The molecule has 0 bridgehead atoms. The van der Waals surface area contributed by atoms with Crippen LogP contribution in [0.15, 0.2) is 53.7 Å². The minimum Gasteiger partial charge on any atom is -0.497 e. The molecular formula is C27H29N3O4. The molecule has 0 amide bonds. The minimum absolute atomic E-state index is 0.113. The van der Waals surface area contributed by atoms with Crippen molar-refractivity contribution in [3.8, 4) is 28.5 Å². The predicted octanol–water partition coefficient (Wildman–Crippen LogP) is 5.30. The second-order valence-corrected chi connectivity index (χ2v) is 9.59. The first kappa shape index (κ1) is 22.1. The van der Waals surface area contributed by atoms with Gasteiger partial charge in [0.25, 0.3) is 0 Å². The third-order valence-electron chi connectivity index (χ3n) is 6.69. The number of aromatic amines is 1. The number of carbonyl (C=O) groups excluding carboxylic acids is 1. The maximum Gasteiger partial charge on any atom is 0.162 e. The highest BCUT2D eigenvalue weighted by Crippen LogP contribution is 2.51. The molecule has 1 atom stereocenters. The molecule has 0 radical (unpaired) electrons. The van der Waals surface area contributed by atoms with Crippen LogP contribution in [0.3, 0.4) is 0 Å². The maximum atomic E-state index is 13.6. The fraction of sp³-hybridized carbons (Fsp3) is 0.333. The van der Waals surface area contributed by atoms with Crippen molar-refractivity contribution in [2.24, 2.45) is 5.41 Å². The number of hydrogen-bond acceptors (Lipinski definition) is 6. The Balaban J connectivity index is 1.72. The van der Waals surface area contributed by atoms with Gasteiger partial charge in [-0.05, 0) is 53.8 Å². The molecule has 7 nitrogen and oxygen atoms in total. The summed E-state index contributed by atoms with van der Waals surface area (Å²) in [5, 5.41) is 11.3. The number of Topliss-reactive ketones (excluding diaryl/α,β-unsaturated/α-hetero) is 1. The number of benzene rings is 2. The van der Waals surface area contributed by atoms with E-state index in [0.717, 1.165) is 51.6 Å². The molecule has 176 valence electrons. The molecule has 2 aromatic carbocycles. The van der Waals surface area contributed by atoms with Crippen LogP contribution in [0.4, 0.5) is 5.82 Å². The number of nitrogens with one attached hydrogen (secondary N) is 2. The molecule has 5 rings (SSSR count). The zero-order chi connectivity index (χ0) is 24.0. The van der Waals surface area contributed by atoms with Crippen molar-refractivity contribution in [3.63, 3.8) is 0 Å². The van der Waals surface area contributed by atoms with E-state index < -0.39 is 0 Å². The van der Waals surface area contributed by atoms with Crippen LogP contribution in [-0.2, 0) is 4.79 Å². The summed E-state index contributed by atoms with van der Waals surface area (Å²) in [6.45, 7) is 4.26. The Morgan fingerprint density at radius 3 is 2.35 bits per heavy atom. The maximum absolute atomic E-state index is 13.6. The number of aromatic nitrogens is 2. The van der Waals surface area contributed by atoms with E-state index in [1.54, 1.807) is 21.3 Å². The van der Waals surface area contributed by atoms with E-state index in [2.05, 4.69) is 29.4 Å². The molecule has 34 heavy (non-hydrogen) atoms. The van der Waals surface area contributed by atoms with Gasteiger partial charge >= 0.3 is 0 Å². The molecule has 3 aromatic rings. The van der Waals surface area contributed by atoms with Gasteiger partial charge in [-0.15, -0.1) is 0 Å². The van der Waals surface area contributed by atoms with Gasteiger partial charge < -0.3 is 19.5 Å². The number of carbonyl (C=O) groups is 1. The number of rotatable bonds is 5. The Bertz CT molecular complexity index is 1290. The Kier molecular flexibility index (Phi) is 5.35. The van der Waals surface area contributed by atoms with E-state index in [9.17, 15) is 4.79 Å². The van der Waals surface area contributed by atoms with Crippen LogP contribution in [-0.4, -0.2) is 37.3 Å². The highest BCUT2D eigenvalue weighted by molar-refractivity contribution is 6.02. The van der Waals surface area contributed by atoms with Gasteiger partial charge in [0.2, 0.25) is 0 Å². The van der Waals surface area contributed by atoms with Crippen molar-refractivity contribution in [1.82, 2.24) is 10.2 Å². The fourth-order valence-electron chi connectivity index (χ4n) is 5.14. The first-order chi connectivity index (χ1) is 16.3. The lowest BCUT2D eigenvalue weighted by Crippen LogP contribution is -2.33. The van der Waals surface area contributed by atoms with Gasteiger partial charge in [0, 0.05) is 34.7 Å². The predicted molar refractivity (Wildman–Crippen MR) is 131 cm³/mol. The van der Waals surface area contributed by atoms with E-state index in [1.165, 1.54) is 0 Å². The molecule has 0 spiro atoms. The number of methoxy groups -OCH3 is 3. The van der Waals surface area contributed by atoms with Crippen molar-refractivity contribution in [2.75, 3.05) is 26.6 Å². The number of hydrogen-bond donors (Lipinski definition) is 2. The molecule has 2 heterocycles. The van der Waals surface area contributed by atoms with Gasteiger partial charge in [-0.3, -0.25) is 9.89 Å². The first-order valence-corrected chi connectivity index (χ1v) is 11.3. The van der Waals surface area contributed by atoms with E-state index in [1.807, 2.05) is 42.5 Å². The Morgan fingerprint density at radius 2 is 1.68 bits per heavy atom. The fourth-order valence-corrected chi connectivity index (χ4v) is 5.14. The molecule has 7 heteroatoms. The monoisotopic (exact) mass is 459 g/mol. The van der Waals surface area contributed by atoms with Crippen LogP contribution < -0.4 is 19.5 Å². The van der Waals surface area contributed by atoms with Crippen molar-refractivity contribution in [1.29, 1.82) is 0 Å². The van der Waals surface area contributed by atoms with E-state index in [4.69, 9.17) is 14.2 Å². The zero-order valence-corrected chi connectivity index (χ0v) is 20.1. The lowest BCUT2D eigenvalue weighted by atomic mass is 9.69. The Morgan fingerprint density at radius 1 is 0.941 bits per heavy atom. The average Bonchev–Trinajstić information content (AvgIpc) is 3.25. The van der Waals surface area contributed by atoms with Crippen LogP contribution in [0.2, 0.25) is 0 Å². The van der Waals surface area contributed by atoms with Crippen LogP contribution in [0.5, 0.6) is 17.2 Å². The number of ketones is 1. The second kappa shape index (κ2) is 8.24. The third-order valence-corrected chi connectivity index (χ3v) is 6.69. The molecule has 0 fully saturated rings. The summed E-state index contributed by atoms with van der Waals surface area (Å²) in [5.74, 6) is 2.67. The van der Waals surface area contributed by atoms with Gasteiger partial charge in [0.15, 0.2) is 23.1 Å². The third kappa shape index (κ3) is 3.61. The summed E-state index contributed by atoms with van der Waals surface area (Å²) in [5.41, 5.74) is 5.37. The van der Waals surface area contributed by atoms with Gasteiger partial charge in [-0.1, -0.05) is 19.9 Å². The normalized spacial score (nSPS) is 18.6. The summed E-state index contributed by atoms with van der Waals surface area (Å²) in [4.78, 5) is 13.6. The molecule has 1 aliphatic carbocycles. The average molecular weight is 460 g/mol. The van der Waals surface area contributed by atoms with Crippen molar-refractivity contribution < 1.29 is 19.0 Å². The van der Waals surface area contributed by atoms with Gasteiger partial charge in [0.05, 0.1) is 27.0 Å². The standard InChI is InChI=1S/C27H29N3O4/c1-27(2)13-18-23(19(31)14-27)22(16-8-11-20(33-4)21(12-16)34-5)24-25(29-30-26(24)28-18)15-6-9-17(32-3)10-7-15/h6-12,22H,13-14H2,1-5H3,(H2,28,29,30). The van der Waals surface area contributed by atoms with Crippen LogP contribution in [0.25, 0.3) is 11.3 Å². The van der Waals surface area contributed by atoms with Crippen molar-refractivity contribution in [3.05, 3.63) is 64.9 Å². The van der Waals surface area contributed by atoms with Gasteiger partial charge in [-0.2, -0.15) is 5.10 Å². The lowest BCUT2D eigenvalue weighted by Gasteiger charge is -2.38. The molecule has 0 saturated carbocycles. The van der Waals surface area contributed by atoms with Gasteiger partial charge in [-0.25, -0.2) is 0 Å². The Labute approximate surface area is 199 Å². The SMILES string of the molecule is COc1ccc(-c2[nH]nc3c2C(c2ccc(OC)c(OC)c2)C2=C(CC(C)(C)CC2=O)N3)cc1. The zero-order valence-electron chi connectivity index (χ0n) is 20.1. The molecule has 2 aliphatic rings. The minimum atomic E-state index is -0.287. The number of nitrogens with zero attached hydrogens (tertiary/aromatic N) is 1. The molecule has 1 aromatic heterocycles. The van der Waals surface area contributed by atoms with Crippen LogP contribution in [0.1, 0.15) is 43.7 Å². The number of fused-ring (bicyclic) bond motifs is 1. The van der Waals surface area contributed by atoms with Crippen LogP contribution >= 0.6 is 0 Å². The topological polar surface area (TPSA) is 85.5 Å². The number of allylic oxidation sites excluding steroid dienone is 2. The van der Waals surface area contributed by atoms with E-state index in [-0.39, 0.29) is 17.1 Å². The summed E-state index contributed by atoms with van der Waals surface area (Å²) < 4.78 is 16.4. The van der Waals surface area contributed by atoms with Crippen molar-refractivity contribution in [2.45, 2.75) is 32.6 Å². The number of H-pyrrole nitrogens is 1. The number of anilines is 1. The molecule has 0 saturated heterocycles. The molecule has 1 unspecified atom stereocenters. The molecule has 2 N–H and O–H groups in total. The Hall–Kier alpha value is -3.74. The smallest absolute Gasteiger partial charge is 0.162 e. The van der Waals surface area contributed by atoms with E-state index in [0.29, 0.717) is 17.9 Å². The highest BCUT2D eigenvalue weighted by atomic mass is 16.5.